The molecule has 0 unspecified atom stereocenters. The molecular weight excluding hydrogens is 226 g/mol. The van der Waals surface area contributed by atoms with Gasteiger partial charge in [0.05, 0.1) is 23.6 Å². The fourth-order valence-corrected chi connectivity index (χ4v) is 2.08. The van der Waals surface area contributed by atoms with Gasteiger partial charge in [0.25, 0.3) is 0 Å². The van der Waals surface area contributed by atoms with E-state index in [-0.39, 0.29) is 11.5 Å². The third-order valence-electron chi connectivity index (χ3n) is 2.82. The normalized spacial score (nSPS) is 19.3. The zero-order valence-electron chi connectivity index (χ0n) is 8.96. The van der Waals surface area contributed by atoms with Crippen LogP contribution in [-0.4, -0.2) is 23.5 Å². The van der Waals surface area contributed by atoms with Gasteiger partial charge in [0.1, 0.15) is 6.04 Å². The van der Waals surface area contributed by atoms with Crippen molar-refractivity contribution in [1.29, 1.82) is 0 Å². The molecule has 1 aliphatic heterocycles. The fraction of sp³-hybridized carbons (Fsp3) is 0.400. The van der Waals surface area contributed by atoms with Gasteiger partial charge in [-0.15, -0.1) is 0 Å². The van der Waals surface area contributed by atoms with Crippen LogP contribution in [0.1, 0.15) is 12.8 Å². The maximum atomic E-state index is 10.9. The molecule has 0 aromatic carbocycles. The number of hydrogen-bond donors (Lipinski definition) is 0. The quantitative estimate of drug-likeness (QED) is 0.502. The maximum Gasteiger partial charge on any atom is 0.357 e. The molecule has 7 heteroatoms. The van der Waals surface area contributed by atoms with E-state index in [1.807, 2.05) is 0 Å². The number of anilines is 1. The molecule has 1 N–H and O–H groups in total. The van der Waals surface area contributed by atoms with Gasteiger partial charge in [0.15, 0.2) is 0 Å². The maximum absolute atomic E-state index is 10.9. The molecule has 2 heterocycles. The standard InChI is InChI=1S/C10H11N3O4/c14-10(15)8-4-2-6-12(8)9-7(13(16)17)3-1-5-11-9/h1,3,5,8H,2,4,6H2,(H,14,15)/t8-/m1/s1. The second-order valence-electron chi connectivity index (χ2n) is 3.83. The second-order valence-corrected chi connectivity index (χ2v) is 3.83. The van der Waals surface area contributed by atoms with Gasteiger partial charge in [-0.2, -0.15) is 0 Å². The number of aromatic amines is 1. The molecule has 1 aromatic heterocycles. The molecule has 90 valence electrons. The number of nitrogens with one attached hydrogen (secondary N) is 1. The van der Waals surface area contributed by atoms with Crippen LogP contribution in [0.4, 0.5) is 11.5 Å². The number of carboxylic acids is 1. The highest BCUT2D eigenvalue weighted by molar-refractivity contribution is 5.77. The summed E-state index contributed by atoms with van der Waals surface area (Å²) in [5.74, 6) is -0.974. The van der Waals surface area contributed by atoms with E-state index in [2.05, 4.69) is 4.98 Å². The molecular formula is C10H11N3O4. The first kappa shape index (κ1) is 11.3. The molecule has 2 rings (SSSR count). The van der Waals surface area contributed by atoms with Crippen LogP contribution in [-0.2, 0) is 4.79 Å². The zero-order valence-corrected chi connectivity index (χ0v) is 8.96. The van der Waals surface area contributed by atoms with Crippen LogP contribution >= 0.6 is 0 Å². The van der Waals surface area contributed by atoms with E-state index >= 15 is 0 Å². The molecule has 0 radical (unpaired) electrons. The highest BCUT2D eigenvalue weighted by Crippen LogP contribution is 2.28. The minimum atomic E-state index is -1.20. The highest BCUT2D eigenvalue weighted by Gasteiger charge is 2.37. The minimum absolute atomic E-state index is 0.124. The molecule has 7 nitrogen and oxygen atoms in total. The number of nitro groups is 1. The summed E-state index contributed by atoms with van der Waals surface area (Å²) in [5.41, 5.74) is -0.124. The zero-order chi connectivity index (χ0) is 12.4. The van der Waals surface area contributed by atoms with Crippen LogP contribution in [0.15, 0.2) is 18.3 Å². The first-order valence-corrected chi connectivity index (χ1v) is 5.24. The third kappa shape index (κ3) is 2.03. The number of aromatic nitrogens is 1. The summed E-state index contributed by atoms with van der Waals surface area (Å²) in [7, 11) is 0. The van der Waals surface area contributed by atoms with Gasteiger partial charge in [-0.05, 0) is 18.9 Å². The van der Waals surface area contributed by atoms with Crippen molar-refractivity contribution in [2.24, 2.45) is 0 Å². The number of carboxylic acid groups (broad SMARTS) is 1. The summed E-state index contributed by atoms with van der Waals surface area (Å²) in [6, 6.07) is 2.05. The topological polar surface area (TPSA) is 101 Å². The Kier molecular flexibility index (Phi) is 2.90. The van der Waals surface area contributed by atoms with E-state index in [0.29, 0.717) is 19.4 Å². The van der Waals surface area contributed by atoms with E-state index < -0.39 is 16.9 Å². The molecule has 0 amide bonds. The number of carbonyl (C=O) groups is 1. The number of aliphatic carboxylic acids is 1. The molecule has 1 fully saturated rings. The molecule has 17 heavy (non-hydrogen) atoms. The fourth-order valence-electron chi connectivity index (χ4n) is 2.08. The van der Waals surface area contributed by atoms with Crippen LogP contribution in [0, 0.1) is 10.1 Å². The van der Waals surface area contributed by atoms with E-state index in [0.717, 1.165) is 0 Å². The SMILES string of the molecule is O=C([O-])[C@H]1CCCN1c1[nH+]cccc1[N+](=O)[O-]. The Hall–Kier alpha value is -2.18. The van der Waals surface area contributed by atoms with Gasteiger partial charge in [0.2, 0.25) is 0 Å². The summed E-state index contributed by atoms with van der Waals surface area (Å²) in [5, 5.41) is 21.8. The molecule has 1 saturated heterocycles. The van der Waals surface area contributed by atoms with Gasteiger partial charge in [-0.25, -0.2) is 9.88 Å². The number of pyridine rings is 1. The lowest BCUT2D eigenvalue weighted by atomic mass is 10.2. The van der Waals surface area contributed by atoms with Crippen LogP contribution in [0.5, 0.6) is 0 Å². The average molecular weight is 237 g/mol. The van der Waals surface area contributed by atoms with Crippen molar-refractivity contribution in [2.75, 3.05) is 11.4 Å². The van der Waals surface area contributed by atoms with Gasteiger partial charge in [-0.3, -0.25) is 10.1 Å². The highest BCUT2D eigenvalue weighted by atomic mass is 16.6. The van der Waals surface area contributed by atoms with E-state index in [4.69, 9.17) is 0 Å². The largest absolute Gasteiger partial charge is 0.546 e. The Morgan fingerprint density at radius 3 is 3.00 bits per heavy atom. The minimum Gasteiger partial charge on any atom is -0.546 e. The predicted octanol–water partition coefficient (Wildman–Crippen LogP) is -0.872. The van der Waals surface area contributed by atoms with Gasteiger partial charge >= 0.3 is 11.5 Å². The molecule has 0 spiro atoms. The van der Waals surface area contributed by atoms with E-state index in [1.54, 1.807) is 0 Å². The van der Waals surface area contributed by atoms with Crippen molar-refractivity contribution < 1.29 is 19.8 Å². The number of rotatable bonds is 3. The predicted molar refractivity (Wildman–Crippen MR) is 55.0 cm³/mol. The van der Waals surface area contributed by atoms with Crippen molar-refractivity contribution in [2.45, 2.75) is 18.9 Å². The molecule has 1 atom stereocenters. The second kappa shape index (κ2) is 4.36. The molecule has 0 saturated carbocycles. The molecule has 1 aliphatic rings. The summed E-state index contributed by atoms with van der Waals surface area (Å²) >= 11 is 0. The molecule has 0 bridgehead atoms. The van der Waals surface area contributed by atoms with Crippen molar-refractivity contribution in [3.8, 4) is 0 Å². The Morgan fingerprint density at radius 2 is 2.35 bits per heavy atom. The van der Waals surface area contributed by atoms with E-state index in [1.165, 1.54) is 23.2 Å². The van der Waals surface area contributed by atoms with Gasteiger partial charge in [-0.1, -0.05) is 0 Å². The first-order chi connectivity index (χ1) is 8.11. The Labute approximate surface area is 96.8 Å². The van der Waals surface area contributed by atoms with Crippen LogP contribution in [0.2, 0.25) is 0 Å². The van der Waals surface area contributed by atoms with Crippen molar-refractivity contribution >= 4 is 17.5 Å². The Bertz CT molecular complexity index is 463. The smallest absolute Gasteiger partial charge is 0.357 e. The lowest BCUT2D eigenvalue weighted by molar-refractivity contribution is -0.411. The monoisotopic (exact) mass is 237 g/mol. The summed E-state index contributed by atoms with van der Waals surface area (Å²) < 4.78 is 0. The van der Waals surface area contributed by atoms with Crippen LogP contribution in [0.3, 0.4) is 0 Å². The average Bonchev–Trinajstić information content (AvgIpc) is 2.77. The van der Waals surface area contributed by atoms with Crippen molar-refractivity contribution in [3.05, 3.63) is 28.4 Å². The molecule has 1 aromatic rings. The first-order valence-electron chi connectivity index (χ1n) is 5.24. The van der Waals surface area contributed by atoms with E-state index in [9.17, 15) is 20.0 Å². The summed E-state index contributed by atoms with van der Waals surface area (Å²) in [6.07, 6.45) is 2.66. The summed E-state index contributed by atoms with van der Waals surface area (Å²) in [4.78, 5) is 25.5. The van der Waals surface area contributed by atoms with Crippen LogP contribution in [0.25, 0.3) is 0 Å². The van der Waals surface area contributed by atoms with Crippen molar-refractivity contribution in [1.82, 2.24) is 0 Å². The number of hydrogen-bond acceptors (Lipinski definition) is 5. The Morgan fingerprint density at radius 1 is 1.59 bits per heavy atom. The van der Waals surface area contributed by atoms with Gasteiger partial charge < -0.3 is 9.90 Å². The third-order valence-corrected chi connectivity index (χ3v) is 2.82. The number of carbonyl (C=O) groups excluding carboxylic acids is 1. The van der Waals surface area contributed by atoms with Crippen molar-refractivity contribution in [3.63, 3.8) is 0 Å². The lowest BCUT2D eigenvalue weighted by Crippen LogP contribution is -2.46. The number of nitrogens with zero attached hydrogens (tertiary/aromatic N) is 2. The summed E-state index contributed by atoms with van der Waals surface area (Å²) in [6.45, 7) is 0.472. The number of H-pyrrole nitrogens is 1. The van der Waals surface area contributed by atoms with Gasteiger partial charge in [0, 0.05) is 6.07 Å². The Balaban J connectivity index is 2.39. The van der Waals surface area contributed by atoms with Crippen LogP contribution < -0.4 is 15.0 Å². The molecule has 0 aliphatic carbocycles. The lowest BCUT2D eigenvalue weighted by Gasteiger charge is -2.18.